The number of thioether (sulfide) groups is 1. The number of pyridine rings is 2. The molecule has 8 N–H and O–H groups in total. The Morgan fingerprint density at radius 3 is 2.32 bits per heavy atom. The summed E-state index contributed by atoms with van der Waals surface area (Å²) in [6.07, 6.45) is -1.65. The molecule has 0 aliphatic heterocycles. The van der Waals surface area contributed by atoms with Gasteiger partial charge in [0.25, 0.3) is 5.56 Å². The highest BCUT2D eigenvalue weighted by Gasteiger charge is 2.32. The molecule has 23 heteroatoms. The van der Waals surface area contributed by atoms with Crippen LogP contribution in [0.15, 0.2) is 88.9 Å². The van der Waals surface area contributed by atoms with Gasteiger partial charge in [0.2, 0.25) is 17.7 Å². The van der Waals surface area contributed by atoms with E-state index in [0.717, 1.165) is 22.8 Å². The Balaban J connectivity index is 1.55. The highest BCUT2D eigenvalue weighted by Crippen LogP contribution is 2.41. The fraction of sp³-hybridized carbons (Fsp3) is 0.275. The molecule has 5 rings (SSSR count). The van der Waals surface area contributed by atoms with E-state index in [2.05, 4.69) is 30.3 Å². The van der Waals surface area contributed by atoms with Crippen molar-refractivity contribution in [1.29, 1.82) is 0 Å². The number of aromatic hydroxyl groups is 2. The van der Waals surface area contributed by atoms with E-state index in [1.54, 1.807) is 19.1 Å². The summed E-state index contributed by atoms with van der Waals surface area (Å²) in [6, 6.07) is 9.14. The van der Waals surface area contributed by atoms with E-state index < -0.39 is 95.7 Å². The molecule has 3 amide bonds. The molecule has 0 saturated heterocycles. The molecule has 19 nitrogen and oxygen atoms in total. The first kappa shape index (κ1) is 46.8. The first-order valence-electron chi connectivity index (χ1n) is 18.7. The third kappa shape index (κ3) is 12.4. The number of nitrogens with zero attached hydrogens (tertiary/aromatic N) is 5. The van der Waals surface area contributed by atoms with Crippen molar-refractivity contribution in [3.63, 3.8) is 0 Å². The number of carbonyl (C=O) groups excluding carboxylic acids is 3. The van der Waals surface area contributed by atoms with Gasteiger partial charge < -0.3 is 46.4 Å². The van der Waals surface area contributed by atoms with Gasteiger partial charge in [-0.1, -0.05) is 18.2 Å². The molecule has 0 radical (unpaired) electrons. The Kier molecular flexibility index (Phi) is 15.2. The molecule has 0 aliphatic carbocycles. The third-order valence-corrected chi connectivity index (χ3v) is 10.4. The number of hydrogen-bond donors (Lipinski definition) is 7. The molecular weight excluding hydrogens is 858 g/mol. The predicted molar refractivity (Wildman–Crippen MR) is 217 cm³/mol. The van der Waals surface area contributed by atoms with Crippen molar-refractivity contribution in [3.8, 4) is 22.9 Å². The quantitative estimate of drug-likeness (QED) is 0.0587. The number of amides is 3. The number of aliphatic carboxylic acids is 2. The van der Waals surface area contributed by atoms with Crippen molar-refractivity contribution in [1.82, 2.24) is 35.1 Å². The summed E-state index contributed by atoms with van der Waals surface area (Å²) >= 11 is 0.618. The van der Waals surface area contributed by atoms with E-state index in [1.165, 1.54) is 53.8 Å². The first-order chi connectivity index (χ1) is 29.8. The van der Waals surface area contributed by atoms with Gasteiger partial charge in [0, 0.05) is 37.3 Å². The Morgan fingerprint density at radius 1 is 0.952 bits per heavy atom. The number of carbonyl (C=O) groups is 5. The maximum absolute atomic E-state index is 14.4. The normalized spacial score (nSPS) is 12.8. The van der Waals surface area contributed by atoms with E-state index >= 15 is 0 Å². The topological polar surface area (TPSA) is 289 Å². The van der Waals surface area contributed by atoms with Crippen LogP contribution in [0, 0.1) is 0 Å². The number of fused-ring (bicyclic) bond motifs is 1. The van der Waals surface area contributed by atoms with Gasteiger partial charge in [-0.25, -0.2) is 9.97 Å². The van der Waals surface area contributed by atoms with Gasteiger partial charge >= 0.3 is 18.3 Å². The van der Waals surface area contributed by atoms with Crippen molar-refractivity contribution >= 4 is 52.5 Å². The number of ether oxygens (including phenoxy) is 1. The number of hydrogen-bond acceptors (Lipinski definition) is 14. The molecule has 0 bridgehead atoms. The number of phenols is 2. The monoisotopic (exact) mass is 896 g/mol. The summed E-state index contributed by atoms with van der Waals surface area (Å²) in [5, 5.41) is 45.3. The average molecular weight is 897 g/mol. The molecule has 0 aliphatic rings. The predicted octanol–water partition coefficient (Wildman–Crippen LogP) is 2.79. The number of phenolic OH excluding ortho intramolecular Hbond substituents is 2. The summed E-state index contributed by atoms with van der Waals surface area (Å²) in [5.41, 5.74) is 5.61. The molecule has 0 unspecified atom stereocenters. The van der Waals surface area contributed by atoms with Gasteiger partial charge in [-0.2, -0.15) is 0 Å². The molecule has 3 aromatic heterocycles. The van der Waals surface area contributed by atoms with Gasteiger partial charge in [0.05, 0.1) is 34.5 Å². The van der Waals surface area contributed by atoms with Crippen LogP contribution in [0.5, 0.6) is 17.2 Å². The van der Waals surface area contributed by atoms with Crippen LogP contribution in [0.25, 0.3) is 16.7 Å². The summed E-state index contributed by atoms with van der Waals surface area (Å²) in [7, 11) is 0. The van der Waals surface area contributed by atoms with E-state index in [0.29, 0.717) is 22.9 Å². The molecule has 3 atom stereocenters. The zero-order valence-electron chi connectivity index (χ0n) is 33.0. The minimum absolute atomic E-state index is 0.0152. The number of nitrogens with two attached hydrogens (primary N) is 1. The van der Waals surface area contributed by atoms with Crippen LogP contribution in [-0.2, 0) is 36.9 Å². The fourth-order valence-corrected chi connectivity index (χ4v) is 7.13. The second kappa shape index (κ2) is 20.5. The van der Waals surface area contributed by atoms with Crippen LogP contribution in [0.3, 0.4) is 0 Å². The maximum atomic E-state index is 14.4. The number of carboxylic acid groups (broad SMARTS) is 2. The summed E-state index contributed by atoms with van der Waals surface area (Å²) in [5.74, 6) is -7.53. The lowest BCUT2D eigenvalue weighted by Gasteiger charge is -2.31. The van der Waals surface area contributed by atoms with Gasteiger partial charge in [-0.05, 0) is 66.9 Å². The van der Waals surface area contributed by atoms with Gasteiger partial charge in [0.15, 0.2) is 11.4 Å². The molecule has 0 spiro atoms. The Hall–Kier alpha value is -7.27. The Bertz CT molecular complexity index is 2550. The minimum atomic E-state index is -4.93. The van der Waals surface area contributed by atoms with Crippen LogP contribution in [0.4, 0.5) is 13.2 Å². The molecule has 0 saturated carbocycles. The van der Waals surface area contributed by atoms with Gasteiger partial charge in [-0.3, -0.25) is 38.3 Å². The maximum Gasteiger partial charge on any atom is 0.573 e. The van der Waals surface area contributed by atoms with Crippen molar-refractivity contribution in [2.24, 2.45) is 5.73 Å². The Morgan fingerprint density at radius 2 is 1.67 bits per heavy atom. The second-order valence-electron chi connectivity index (χ2n) is 13.7. The molecule has 5 aromatic rings. The molecular formula is C40H39F3N8O11S. The van der Waals surface area contributed by atoms with E-state index in [9.17, 15) is 52.2 Å². The molecule has 0 fully saturated rings. The minimum Gasteiger partial charge on any atom is -0.507 e. The average Bonchev–Trinajstić information content (AvgIpc) is 3.23. The molecule has 2 aromatic carbocycles. The number of carboxylic acids is 2. The number of benzene rings is 2. The summed E-state index contributed by atoms with van der Waals surface area (Å²) in [6.45, 7) is 0.585. The van der Waals surface area contributed by atoms with Crippen molar-refractivity contribution in [3.05, 3.63) is 107 Å². The zero-order chi connectivity index (χ0) is 46.0. The third-order valence-electron chi connectivity index (χ3n) is 9.20. The zero-order valence-corrected chi connectivity index (χ0v) is 33.8. The largest absolute Gasteiger partial charge is 0.573 e. The lowest BCUT2D eigenvalue weighted by Crippen LogP contribution is -2.53. The molecule has 63 heavy (non-hydrogen) atoms. The van der Waals surface area contributed by atoms with E-state index in [-0.39, 0.29) is 46.8 Å². The first-order valence-corrected chi connectivity index (χ1v) is 19.7. The number of rotatable bonds is 19. The number of alkyl halides is 3. The van der Waals surface area contributed by atoms with E-state index in [1.807, 2.05) is 0 Å². The fourth-order valence-electron chi connectivity index (χ4n) is 6.10. The standard InChI is InChI=1S/C40H39F3N8O11S/c1-21(50(19-23-4-2-14-45-17-23)30(53)16-22-6-8-24(9-7-22)62-40(41,42)43)36-49-35-25(5-3-15-46-35)39(61)51(36)28-11-12-29(52)34(33(28)58)63-20-27(38(60)47-18-32(56)57)48-37(59)26(44)10-13-31(54)55/h2-9,11-12,14-15,17,21,26-27,52,58H,10,13,16,18-20,44H2,1H3,(H,47,60)(H,48,59)(H,54,55)(H,56,57)/t21-,26+,27+/m1/s1. The number of nitrogens with one attached hydrogen (secondary N) is 2. The van der Waals surface area contributed by atoms with Crippen molar-refractivity contribution < 1.29 is 62.3 Å². The van der Waals surface area contributed by atoms with Crippen LogP contribution in [-0.4, -0.2) is 105 Å². The lowest BCUT2D eigenvalue weighted by atomic mass is 10.1. The highest BCUT2D eigenvalue weighted by atomic mass is 32.2. The summed E-state index contributed by atoms with van der Waals surface area (Å²) in [4.78, 5) is 90.8. The van der Waals surface area contributed by atoms with E-state index in [4.69, 9.17) is 15.9 Å². The van der Waals surface area contributed by atoms with Crippen molar-refractivity contribution in [2.75, 3.05) is 12.3 Å². The van der Waals surface area contributed by atoms with Crippen LogP contribution >= 0.6 is 11.8 Å². The number of aromatic nitrogens is 4. The lowest BCUT2D eigenvalue weighted by molar-refractivity contribution is -0.274. The van der Waals surface area contributed by atoms with Crippen LogP contribution < -0.4 is 26.7 Å². The Labute approximate surface area is 358 Å². The smallest absolute Gasteiger partial charge is 0.507 e. The molecule has 3 heterocycles. The molecule has 332 valence electrons. The van der Waals surface area contributed by atoms with Crippen LogP contribution in [0.2, 0.25) is 0 Å². The van der Waals surface area contributed by atoms with Crippen molar-refractivity contribution in [2.45, 2.75) is 62.1 Å². The highest BCUT2D eigenvalue weighted by molar-refractivity contribution is 7.99. The summed E-state index contributed by atoms with van der Waals surface area (Å²) < 4.78 is 43.3. The SMILES string of the molecule is C[C@H](c1nc2ncccc2c(=O)n1-c1ccc(O)c(SC[C@H](NC(=O)[C@@H](N)CCC(=O)O)C(=O)NCC(=O)O)c1O)N(Cc1cccnc1)C(=O)Cc1ccc(OC(F)(F)F)cc1. The second-order valence-corrected chi connectivity index (χ2v) is 14.7. The van der Waals surface area contributed by atoms with Gasteiger partial charge in [0.1, 0.15) is 29.9 Å². The van der Waals surface area contributed by atoms with Crippen LogP contribution in [0.1, 0.15) is 42.8 Å². The number of halogens is 3. The van der Waals surface area contributed by atoms with Gasteiger partial charge in [-0.15, -0.1) is 24.9 Å².